The Morgan fingerprint density at radius 1 is 1.05 bits per heavy atom. The van der Waals surface area contributed by atoms with E-state index in [9.17, 15) is 0 Å². The van der Waals surface area contributed by atoms with Gasteiger partial charge in [0.05, 0.1) is 0 Å². The van der Waals surface area contributed by atoms with Crippen molar-refractivity contribution in [2.45, 2.75) is 38.6 Å². The van der Waals surface area contributed by atoms with Gasteiger partial charge in [0.1, 0.15) is 0 Å². The van der Waals surface area contributed by atoms with Crippen molar-refractivity contribution in [1.82, 2.24) is 10.3 Å². The number of hydrogen-bond acceptors (Lipinski definition) is 2. The molecule has 2 nitrogen and oxygen atoms in total. The van der Waals surface area contributed by atoms with Gasteiger partial charge in [0.25, 0.3) is 0 Å². The summed E-state index contributed by atoms with van der Waals surface area (Å²) in [5, 5.41) is 3.41. The smallest absolute Gasteiger partial charge is 0.0404 e. The summed E-state index contributed by atoms with van der Waals surface area (Å²) in [5.41, 5.74) is 3.95. The quantitative estimate of drug-likeness (QED) is 0.823. The van der Waals surface area contributed by atoms with Crippen molar-refractivity contribution in [3.8, 4) is 0 Å². The number of rotatable bonds is 7. The molecule has 20 heavy (non-hydrogen) atoms. The summed E-state index contributed by atoms with van der Waals surface area (Å²) in [6.45, 7) is 2.22. The first-order valence-electron chi connectivity index (χ1n) is 7.49. The molecule has 0 amide bonds. The number of benzene rings is 1. The Morgan fingerprint density at radius 2 is 1.85 bits per heavy atom. The third kappa shape index (κ3) is 4.17. The summed E-state index contributed by atoms with van der Waals surface area (Å²) in [4.78, 5) is 4.39. The van der Waals surface area contributed by atoms with Crippen molar-refractivity contribution in [1.29, 1.82) is 0 Å². The number of nitrogens with one attached hydrogen (secondary N) is 1. The van der Waals surface area contributed by atoms with Crippen molar-refractivity contribution in [2.75, 3.05) is 7.05 Å². The lowest BCUT2D eigenvalue weighted by Gasteiger charge is -2.17. The minimum atomic E-state index is 0.396. The van der Waals surface area contributed by atoms with Gasteiger partial charge in [-0.3, -0.25) is 4.98 Å². The van der Waals surface area contributed by atoms with Crippen LogP contribution in [-0.4, -0.2) is 12.0 Å². The maximum atomic E-state index is 4.39. The van der Waals surface area contributed by atoms with E-state index in [-0.39, 0.29) is 0 Å². The summed E-state index contributed by atoms with van der Waals surface area (Å²) in [5.74, 6) is 0. The fraction of sp³-hybridized carbons (Fsp3) is 0.389. The van der Waals surface area contributed by atoms with Crippen molar-refractivity contribution < 1.29 is 0 Å². The molecule has 1 atom stereocenters. The zero-order valence-corrected chi connectivity index (χ0v) is 12.5. The Hall–Kier alpha value is -1.67. The van der Waals surface area contributed by atoms with Gasteiger partial charge in [0.2, 0.25) is 0 Å². The van der Waals surface area contributed by atoms with Crippen LogP contribution in [0.3, 0.4) is 0 Å². The standard InChI is InChI=1S/C18H24N2/c1-3-6-15-8-10-16(11-9-15)18(19-2)13-12-17-7-4-5-14-20-17/h4-5,7-11,14,18-19H,3,6,12-13H2,1-2H3. The second kappa shape index (κ2) is 7.81. The van der Waals surface area contributed by atoms with Crippen LogP contribution in [0.4, 0.5) is 0 Å². The van der Waals surface area contributed by atoms with Gasteiger partial charge < -0.3 is 5.32 Å². The molecule has 0 radical (unpaired) electrons. The molecule has 2 rings (SSSR count). The molecule has 106 valence electrons. The molecule has 2 aromatic rings. The van der Waals surface area contributed by atoms with Gasteiger partial charge in [-0.25, -0.2) is 0 Å². The molecule has 2 heteroatoms. The minimum absolute atomic E-state index is 0.396. The molecule has 0 aliphatic rings. The van der Waals surface area contributed by atoms with Gasteiger partial charge in [-0.2, -0.15) is 0 Å². The number of nitrogens with zero attached hydrogens (tertiary/aromatic N) is 1. The van der Waals surface area contributed by atoms with Gasteiger partial charge in [-0.15, -0.1) is 0 Å². The fourth-order valence-corrected chi connectivity index (χ4v) is 2.52. The van der Waals surface area contributed by atoms with Crippen LogP contribution in [0.25, 0.3) is 0 Å². The lowest BCUT2D eigenvalue weighted by atomic mass is 9.99. The van der Waals surface area contributed by atoms with Crippen molar-refractivity contribution >= 4 is 0 Å². The predicted octanol–water partition coefficient (Wildman–Crippen LogP) is 3.93. The Morgan fingerprint density at radius 3 is 2.45 bits per heavy atom. The number of aromatic nitrogens is 1. The van der Waals surface area contributed by atoms with Crippen LogP contribution < -0.4 is 5.32 Å². The highest BCUT2D eigenvalue weighted by Crippen LogP contribution is 2.19. The Kier molecular flexibility index (Phi) is 5.75. The molecule has 0 bridgehead atoms. The highest BCUT2D eigenvalue weighted by Gasteiger charge is 2.09. The zero-order valence-electron chi connectivity index (χ0n) is 12.5. The highest BCUT2D eigenvalue weighted by atomic mass is 14.9. The van der Waals surface area contributed by atoms with E-state index in [1.807, 2.05) is 19.3 Å². The molecule has 0 aliphatic carbocycles. The molecule has 0 saturated heterocycles. The normalized spacial score (nSPS) is 12.3. The average molecular weight is 268 g/mol. The van der Waals surface area contributed by atoms with E-state index in [0.29, 0.717) is 6.04 Å². The number of pyridine rings is 1. The highest BCUT2D eigenvalue weighted by molar-refractivity contribution is 5.25. The summed E-state index contributed by atoms with van der Waals surface area (Å²) < 4.78 is 0. The zero-order chi connectivity index (χ0) is 14.2. The van der Waals surface area contributed by atoms with Crippen LogP contribution >= 0.6 is 0 Å². The predicted molar refractivity (Wildman–Crippen MR) is 84.8 cm³/mol. The lowest BCUT2D eigenvalue weighted by Crippen LogP contribution is -2.17. The van der Waals surface area contributed by atoms with E-state index < -0.39 is 0 Å². The van der Waals surface area contributed by atoms with Crippen LogP contribution in [0.2, 0.25) is 0 Å². The van der Waals surface area contributed by atoms with Crippen LogP contribution in [-0.2, 0) is 12.8 Å². The molecule has 0 aliphatic heterocycles. The van der Waals surface area contributed by atoms with Gasteiger partial charge in [-0.05, 0) is 49.6 Å². The number of hydrogen-bond donors (Lipinski definition) is 1. The number of aryl methyl sites for hydroxylation is 2. The van der Waals surface area contributed by atoms with Gasteiger partial charge in [0, 0.05) is 17.9 Å². The van der Waals surface area contributed by atoms with Crippen LogP contribution in [0.5, 0.6) is 0 Å². The maximum Gasteiger partial charge on any atom is 0.0404 e. The molecule has 1 N–H and O–H groups in total. The van der Waals surface area contributed by atoms with Crippen LogP contribution in [0.1, 0.15) is 42.6 Å². The monoisotopic (exact) mass is 268 g/mol. The summed E-state index contributed by atoms with van der Waals surface area (Å²) in [6, 6.07) is 15.5. The van der Waals surface area contributed by atoms with Gasteiger partial charge in [0.15, 0.2) is 0 Å². The van der Waals surface area contributed by atoms with Crippen molar-refractivity contribution in [3.63, 3.8) is 0 Å². The first kappa shape index (κ1) is 14.7. The Labute approximate surface area is 122 Å². The van der Waals surface area contributed by atoms with E-state index >= 15 is 0 Å². The Balaban J connectivity index is 1.97. The SMILES string of the molecule is CCCc1ccc(C(CCc2ccccn2)NC)cc1. The Bertz CT molecular complexity index is 491. The summed E-state index contributed by atoms with van der Waals surface area (Å²) in [7, 11) is 2.03. The molecular formula is C18H24N2. The maximum absolute atomic E-state index is 4.39. The van der Waals surface area contributed by atoms with E-state index in [1.54, 1.807) is 0 Å². The molecule has 1 unspecified atom stereocenters. The third-order valence-electron chi connectivity index (χ3n) is 3.68. The average Bonchev–Trinajstić information content (AvgIpc) is 2.51. The minimum Gasteiger partial charge on any atom is -0.313 e. The molecule has 0 spiro atoms. The van der Waals surface area contributed by atoms with E-state index in [0.717, 1.165) is 18.5 Å². The summed E-state index contributed by atoms with van der Waals surface area (Å²) in [6.07, 6.45) is 6.31. The first-order valence-corrected chi connectivity index (χ1v) is 7.49. The molecule has 0 fully saturated rings. The molecular weight excluding hydrogens is 244 g/mol. The third-order valence-corrected chi connectivity index (χ3v) is 3.68. The fourth-order valence-electron chi connectivity index (χ4n) is 2.52. The van der Waals surface area contributed by atoms with Gasteiger partial charge >= 0.3 is 0 Å². The van der Waals surface area contributed by atoms with Crippen LogP contribution in [0, 0.1) is 0 Å². The van der Waals surface area contributed by atoms with E-state index in [4.69, 9.17) is 0 Å². The van der Waals surface area contributed by atoms with Crippen molar-refractivity contribution in [2.24, 2.45) is 0 Å². The molecule has 1 aromatic heterocycles. The topological polar surface area (TPSA) is 24.9 Å². The first-order chi connectivity index (χ1) is 9.83. The van der Waals surface area contributed by atoms with E-state index in [2.05, 4.69) is 53.6 Å². The summed E-state index contributed by atoms with van der Waals surface area (Å²) >= 11 is 0. The van der Waals surface area contributed by atoms with Gasteiger partial charge in [-0.1, -0.05) is 43.7 Å². The second-order valence-corrected chi connectivity index (χ2v) is 5.19. The van der Waals surface area contributed by atoms with E-state index in [1.165, 1.54) is 24.0 Å². The largest absolute Gasteiger partial charge is 0.313 e. The second-order valence-electron chi connectivity index (χ2n) is 5.19. The molecule has 1 aromatic carbocycles. The lowest BCUT2D eigenvalue weighted by molar-refractivity contribution is 0.545. The molecule has 0 saturated carbocycles. The molecule has 1 heterocycles. The van der Waals surface area contributed by atoms with Crippen LogP contribution in [0.15, 0.2) is 48.7 Å². The van der Waals surface area contributed by atoms with Crippen molar-refractivity contribution in [3.05, 3.63) is 65.5 Å².